The number of aromatic amines is 1. The first-order chi connectivity index (χ1) is 24.1. The Morgan fingerprint density at radius 3 is 2.24 bits per heavy atom. The lowest BCUT2D eigenvalue weighted by molar-refractivity contribution is -0.160. The first-order valence-electron chi connectivity index (χ1n) is 17.4. The van der Waals surface area contributed by atoms with Crippen LogP contribution in [-0.4, -0.2) is 93.7 Å². The number of halogens is 1. The van der Waals surface area contributed by atoms with E-state index in [2.05, 4.69) is 10.3 Å². The van der Waals surface area contributed by atoms with Gasteiger partial charge in [-0.1, -0.05) is 86.1 Å². The fourth-order valence-electron chi connectivity index (χ4n) is 7.37. The van der Waals surface area contributed by atoms with Gasteiger partial charge in [0.1, 0.15) is 18.1 Å². The number of carbonyl (C=O) groups is 4. The summed E-state index contributed by atoms with van der Waals surface area (Å²) in [6.45, 7) is 5.21. The number of amides is 4. The quantitative estimate of drug-likeness (QED) is 0.207. The minimum absolute atomic E-state index is 0.132. The summed E-state index contributed by atoms with van der Waals surface area (Å²) >= 11 is 6.12. The topological polar surface area (TPSA) is 132 Å². The second-order valence-electron chi connectivity index (χ2n) is 13.8. The van der Waals surface area contributed by atoms with E-state index in [1.807, 2.05) is 86.8 Å². The molecule has 262 valence electrons. The Hall–Kier alpha value is -4.67. The van der Waals surface area contributed by atoms with Crippen molar-refractivity contribution < 1.29 is 19.2 Å². The number of nitrogens with one attached hydrogen (secondary N) is 2. The van der Waals surface area contributed by atoms with Gasteiger partial charge >= 0.3 is 0 Å². The Labute approximate surface area is 297 Å². The van der Waals surface area contributed by atoms with E-state index in [-0.39, 0.29) is 49.6 Å². The van der Waals surface area contributed by atoms with Crippen LogP contribution < -0.4 is 11.1 Å². The van der Waals surface area contributed by atoms with Gasteiger partial charge in [0.25, 0.3) is 0 Å². The number of rotatable bonds is 12. The van der Waals surface area contributed by atoms with Crippen molar-refractivity contribution in [1.82, 2.24) is 25.0 Å². The fraction of sp³-hybridized carbons (Fsp3) is 0.385. The van der Waals surface area contributed by atoms with Crippen molar-refractivity contribution >= 4 is 46.1 Å². The maximum absolute atomic E-state index is 15.1. The molecular weight excluding hydrogens is 652 g/mol. The van der Waals surface area contributed by atoms with E-state index in [9.17, 15) is 14.4 Å². The highest BCUT2D eigenvalue weighted by atomic mass is 35.5. The largest absolute Gasteiger partial charge is 0.368 e. The van der Waals surface area contributed by atoms with Crippen molar-refractivity contribution in [3.8, 4) is 0 Å². The SMILES string of the molecule is CC(C)CC(C(N)=O)N1CCN(C(=O)C(Cc2c[nH]c3ccccc23)N2CCNC(Cc3ccc(Cl)cc3)C2=O)C(Cc2ccccc2)C1=O. The number of piperazine rings is 2. The van der Waals surface area contributed by atoms with Crippen molar-refractivity contribution in [3.63, 3.8) is 0 Å². The Morgan fingerprint density at radius 1 is 0.840 bits per heavy atom. The van der Waals surface area contributed by atoms with E-state index in [4.69, 9.17) is 17.3 Å². The van der Waals surface area contributed by atoms with Crippen molar-refractivity contribution in [3.05, 3.63) is 107 Å². The molecule has 2 aliphatic rings. The number of hydrogen-bond acceptors (Lipinski definition) is 5. The van der Waals surface area contributed by atoms with Crippen LogP contribution in [-0.2, 0) is 38.4 Å². The van der Waals surface area contributed by atoms with Gasteiger partial charge in [-0.25, -0.2) is 0 Å². The Balaban J connectivity index is 1.35. The number of benzene rings is 3. The summed E-state index contributed by atoms with van der Waals surface area (Å²) < 4.78 is 0. The van der Waals surface area contributed by atoms with E-state index in [0.29, 0.717) is 31.0 Å². The van der Waals surface area contributed by atoms with E-state index in [1.165, 1.54) is 0 Å². The maximum atomic E-state index is 15.1. The summed E-state index contributed by atoms with van der Waals surface area (Å²) in [6, 6.07) is 21.8. The molecule has 50 heavy (non-hydrogen) atoms. The Kier molecular flexibility index (Phi) is 10.9. The van der Waals surface area contributed by atoms with Crippen LogP contribution in [0.3, 0.4) is 0 Å². The summed E-state index contributed by atoms with van der Waals surface area (Å²) in [4.78, 5) is 64.7. The van der Waals surface area contributed by atoms with Crippen LogP contribution in [0.25, 0.3) is 10.9 Å². The third kappa shape index (κ3) is 7.71. The Bertz CT molecular complexity index is 1830. The zero-order valence-corrected chi connectivity index (χ0v) is 29.3. The Morgan fingerprint density at radius 2 is 1.52 bits per heavy atom. The average molecular weight is 697 g/mol. The third-order valence-corrected chi connectivity index (χ3v) is 10.2. The van der Waals surface area contributed by atoms with Crippen molar-refractivity contribution in [2.75, 3.05) is 26.2 Å². The molecule has 2 saturated heterocycles. The van der Waals surface area contributed by atoms with Crippen LogP contribution in [0.4, 0.5) is 0 Å². The zero-order valence-electron chi connectivity index (χ0n) is 28.6. The number of fused-ring (bicyclic) bond motifs is 1. The minimum Gasteiger partial charge on any atom is -0.368 e. The first-order valence-corrected chi connectivity index (χ1v) is 17.8. The normalized spacial score (nSPS) is 19.6. The molecule has 2 fully saturated rings. The summed E-state index contributed by atoms with van der Waals surface area (Å²) in [5.41, 5.74) is 9.55. The van der Waals surface area contributed by atoms with Gasteiger partial charge in [-0.05, 0) is 53.6 Å². The number of H-pyrrole nitrogens is 1. The molecule has 4 amide bonds. The first kappa shape index (κ1) is 35.2. The van der Waals surface area contributed by atoms with Crippen LogP contribution in [0, 0.1) is 5.92 Å². The average Bonchev–Trinajstić information content (AvgIpc) is 3.52. The maximum Gasteiger partial charge on any atom is 0.246 e. The molecular formula is C39H45ClN6O4. The number of nitrogens with zero attached hydrogens (tertiary/aromatic N) is 3. The van der Waals surface area contributed by atoms with Gasteiger partial charge in [0.15, 0.2) is 0 Å². The number of carbonyl (C=O) groups excluding carboxylic acids is 4. The van der Waals surface area contributed by atoms with Gasteiger partial charge in [0.2, 0.25) is 23.6 Å². The monoisotopic (exact) mass is 696 g/mol. The summed E-state index contributed by atoms with van der Waals surface area (Å²) in [5.74, 6) is -1.19. The lowest BCUT2D eigenvalue weighted by atomic mass is 9.94. The van der Waals surface area contributed by atoms with Gasteiger partial charge in [-0.15, -0.1) is 0 Å². The third-order valence-electron chi connectivity index (χ3n) is 9.91. The zero-order chi connectivity index (χ0) is 35.4. The summed E-state index contributed by atoms with van der Waals surface area (Å²) in [6.07, 6.45) is 3.31. The minimum atomic E-state index is -0.874. The van der Waals surface area contributed by atoms with E-state index >= 15 is 4.79 Å². The molecule has 1 aromatic heterocycles. The second kappa shape index (κ2) is 15.5. The second-order valence-corrected chi connectivity index (χ2v) is 14.2. The molecule has 4 atom stereocenters. The molecule has 11 heteroatoms. The number of nitrogens with two attached hydrogens (primary N) is 1. The van der Waals surface area contributed by atoms with Crippen LogP contribution in [0.15, 0.2) is 85.1 Å². The van der Waals surface area contributed by atoms with Gasteiger partial charge in [0.05, 0.1) is 6.04 Å². The molecule has 4 aromatic rings. The van der Waals surface area contributed by atoms with Crippen LogP contribution in [0.1, 0.15) is 37.0 Å². The molecule has 4 unspecified atom stereocenters. The van der Waals surface area contributed by atoms with Crippen molar-refractivity contribution in [2.24, 2.45) is 11.7 Å². The highest BCUT2D eigenvalue weighted by molar-refractivity contribution is 6.30. The van der Waals surface area contributed by atoms with Crippen molar-refractivity contribution in [2.45, 2.75) is 63.7 Å². The van der Waals surface area contributed by atoms with Crippen LogP contribution in [0.2, 0.25) is 5.02 Å². The summed E-state index contributed by atoms with van der Waals surface area (Å²) in [5, 5.41) is 4.95. The number of aromatic nitrogens is 1. The van der Waals surface area contributed by atoms with Gasteiger partial charge in [-0.2, -0.15) is 0 Å². The number of primary amides is 1. The molecule has 2 aliphatic heterocycles. The smallest absolute Gasteiger partial charge is 0.246 e. The molecule has 0 aliphatic carbocycles. The molecule has 0 radical (unpaired) electrons. The number of para-hydroxylation sites is 1. The molecule has 4 N–H and O–H groups in total. The molecule has 0 bridgehead atoms. The molecule has 10 nitrogen and oxygen atoms in total. The molecule has 3 aromatic carbocycles. The summed E-state index contributed by atoms with van der Waals surface area (Å²) in [7, 11) is 0. The lowest BCUT2D eigenvalue weighted by Gasteiger charge is -2.46. The molecule has 6 rings (SSSR count). The van der Waals surface area contributed by atoms with Crippen LogP contribution in [0.5, 0.6) is 0 Å². The molecule has 0 saturated carbocycles. The standard InChI is InChI=1S/C39H45ClN6O4/c1-25(2)20-33(36(41)47)45-18-19-46(34(38(45)49)22-26-8-4-3-5-9-26)39(50)35(23-28-24-43-31-11-7-6-10-30(28)31)44-17-16-42-32(37(44)48)21-27-12-14-29(40)15-13-27/h3-15,24-25,32-35,42-43H,16-23H2,1-2H3,(H2,41,47). The van der Waals surface area contributed by atoms with Crippen LogP contribution >= 0.6 is 11.6 Å². The fourth-order valence-corrected chi connectivity index (χ4v) is 7.50. The van der Waals surface area contributed by atoms with Crippen molar-refractivity contribution in [1.29, 1.82) is 0 Å². The lowest BCUT2D eigenvalue weighted by Crippen LogP contribution is -2.67. The van der Waals surface area contributed by atoms with E-state index in [1.54, 1.807) is 26.8 Å². The van der Waals surface area contributed by atoms with Gasteiger partial charge in [0, 0.05) is 61.1 Å². The predicted octanol–water partition coefficient (Wildman–Crippen LogP) is 3.96. The van der Waals surface area contributed by atoms with E-state index < -0.39 is 30.1 Å². The number of hydrogen-bond donors (Lipinski definition) is 3. The van der Waals surface area contributed by atoms with E-state index in [0.717, 1.165) is 27.6 Å². The van der Waals surface area contributed by atoms with Gasteiger partial charge in [-0.3, -0.25) is 19.2 Å². The predicted molar refractivity (Wildman–Crippen MR) is 194 cm³/mol. The highest BCUT2D eigenvalue weighted by Crippen LogP contribution is 2.27. The van der Waals surface area contributed by atoms with Gasteiger partial charge < -0.3 is 30.7 Å². The molecule has 0 spiro atoms. The highest BCUT2D eigenvalue weighted by Gasteiger charge is 2.46. The molecule has 3 heterocycles.